The lowest BCUT2D eigenvalue weighted by Gasteiger charge is -2.31. The molecule has 1 saturated heterocycles. The van der Waals surface area contributed by atoms with Gasteiger partial charge in [-0.25, -0.2) is 0 Å². The van der Waals surface area contributed by atoms with E-state index in [0.29, 0.717) is 0 Å². The maximum atomic E-state index is 3.48. The summed E-state index contributed by atoms with van der Waals surface area (Å²) in [6.45, 7) is 10.5. The van der Waals surface area contributed by atoms with E-state index >= 15 is 0 Å². The van der Waals surface area contributed by atoms with E-state index in [1.807, 2.05) is 11.3 Å². The van der Waals surface area contributed by atoms with E-state index in [4.69, 9.17) is 0 Å². The molecule has 1 aromatic heterocycles. The van der Waals surface area contributed by atoms with E-state index in [1.165, 1.54) is 54.9 Å². The lowest BCUT2D eigenvalue weighted by Crippen LogP contribution is -2.32. The van der Waals surface area contributed by atoms with Gasteiger partial charge in [-0.15, -0.1) is 11.3 Å². The van der Waals surface area contributed by atoms with Gasteiger partial charge in [-0.05, 0) is 56.9 Å². The molecule has 1 aliphatic rings. The van der Waals surface area contributed by atoms with Gasteiger partial charge in [0, 0.05) is 22.8 Å². The second kappa shape index (κ2) is 8.81. The average molecular weight is 295 g/mol. The van der Waals surface area contributed by atoms with E-state index in [1.54, 1.807) is 0 Å². The zero-order valence-corrected chi connectivity index (χ0v) is 14.0. The van der Waals surface area contributed by atoms with Gasteiger partial charge in [0.2, 0.25) is 0 Å². The van der Waals surface area contributed by atoms with Gasteiger partial charge in [-0.2, -0.15) is 0 Å². The maximum absolute atomic E-state index is 3.48. The van der Waals surface area contributed by atoms with Crippen molar-refractivity contribution >= 4 is 11.3 Å². The van der Waals surface area contributed by atoms with Gasteiger partial charge in [0.1, 0.15) is 0 Å². The minimum absolute atomic E-state index is 0.994. The standard InChI is InChI=1S/C17H30N2S/c1-3-5-15-8-11-19(12-9-15)14-17-7-6-16(20-17)13-18-10-4-2/h6-7,15,18H,3-5,8-14H2,1-2H3. The average Bonchev–Trinajstić information content (AvgIpc) is 2.89. The first-order chi connectivity index (χ1) is 9.81. The van der Waals surface area contributed by atoms with Gasteiger partial charge in [-0.3, -0.25) is 4.90 Å². The Kier molecular flexibility index (Phi) is 7.05. The summed E-state index contributed by atoms with van der Waals surface area (Å²) in [5.41, 5.74) is 0. The number of likely N-dealkylation sites (tertiary alicyclic amines) is 1. The normalized spacial score (nSPS) is 17.7. The largest absolute Gasteiger partial charge is 0.312 e. The Bertz CT molecular complexity index is 367. The fourth-order valence-electron chi connectivity index (χ4n) is 3.05. The third kappa shape index (κ3) is 5.19. The summed E-state index contributed by atoms with van der Waals surface area (Å²) in [5, 5.41) is 3.48. The van der Waals surface area contributed by atoms with Crippen LogP contribution in [0.1, 0.15) is 55.7 Å². The summed E-state index contributed by atoms with van der Waals surface area (Å²) in [4.78, 5) is 5.66. The van der Waals surface area contributed by atoms with Crippen LogP contribution >= 0.6 is 11.3 Å². The van der Waals surface area contributed by atoms with Crippen LogP contribution in [0.15, 0.2) is 12.1 Å². The van der Waals surface area contributed by atoms with Crippen LogP contribution in [0.25, 0.3) is 0 Å². The van der Waals surface area contributed by atoms with Crippen molar-refractivity contribution in [2.24, 2.45) is 5.92 Å². The summed E-state index contributed by atoms with van der Waals surface area (Å²) in [6, 6.07) is 4.62. The molecule has 0 spiro atoms. The fraction of sp³-hybridized carbons (Fsp3) is 0.765. The SMILES string of the molecule is CCCNCc1ccc(CN2CCC(CCC)CC2)s1. The Hall–Kier alpha value is -0.380. The van der Waals surface area contributed by atoms with Crippen LogP contribution in [0, 0.1) is 5.92 Å². The van der Waals surface area contributed by atoms with Crippen LogP contribution in [0.3, 0.4) is 0 Å². The minimum Gasteiger partial charge on any atom is -0.312 e. The lowest BCUT2D eigenvalue weighted by molar-refractivity contribution is 0.173. The molecule has 0 radical (unpaired) electrons. The van der Waals surface area contributed by atoms with Crippen LogP contribution in [0.2, 0.25) is 0 Å². The zero-order chi connectivity index (χ0) is 14.2. The van der Waals surface area contributed by atoms with Crippen LogP contribution in [-0.2, 0) is 13.1 Å². The Morgan fingerprint density at radius 2 is 1.90 bits per heavy atom. The molecular weight excluding hydrogens is 264 g/mol. The molecule has 0 atom stereocenters. The smallest absolute Gasteiger partial charge is 0.0328 e. The van der Waals surface area contributed by atoms with Gasteiger partial charge in [0.05, 0.1) is 0 Å². The molecule has 0 aromatic carbocycles. The highest BCUT2D eigenvalue weighted by Crippen LogP contribution is 2.24. The third-order valence-corrected chi connectivity index (χ3v) is 5.30. The predicted octanol–water partition coefficient (Wildman–Crippen LogP) is 4.26. The van der Waals surface area contributed by atoms with Gasteiger partial charge in [0.15, 0.2) is 0 Å². The molecule has 114 valence electrons. The number of piperidine rings is 1. The Labute approximate surface area is 128 Å². The maximum Gasteiger partial charge on any atom is 0.0328 e. The van der Waals surface area contributed by atoms with Gasteiger partial charge < -0.3 is 5.32 Å². The molecule has 1 aliphatic heterocycles. The molecule has 0 saturated carbocycles. The molecule has 0 aliphatic carbocycles. The van der Waals surface area contributed by atoms with E-state index in [-0.39, 0.29) is 0 Å². The molecule has 1 aromatic rings. The third-order valence-electron chi connectivity index (χ3n) is 4.23. The topological polar surface area (TPSA) is 15.3 Å². The Morgan fingerprint density at radius 3 is 2.60 bits per heavy atom. The molecule has 0 bridgehead atoms. The van der Waals surface area contributed by atoms with E-state index in [2.05, 4.69) is 36.2 Å². The molecule has 1 N–H and O–H groups in total. The van der Waals surface area contributed by atoms with Crippen molar-refractivity contribution < 1.29 is 0 Å². The summed E-state index contributed by atoms with van der Waals surface area (Å²) in [7, 11) is 0. The Morgan fingerprint density at radius 1 is 1.15 bits per heavy atom. The van der Waals surface area contributed by atoms with E-state index in [9.17, 15) is 0 Å². The first kappa shape index (κ1) is 16.0. The number of rotatable bonds is 8. The van der Waals surface area contributed by atoms with Crippen molar-refractivity contribution in [1.29, 1.82) is 0 Å². The molecule has 3 heteroatoms. The molecule has 0 unspecified atom stereocenters. The fourth-order valence-corrected chi connectivity index (χ4v) is 4.08. The van der Waals surface area contributed by atoms with Crippen LogP contribution in [0.5, 0.6) is 0 Å². The summed E-state index contributed by atoms with van der Waals surface area (Å²) in [5.74, 6) is 0.994. The van der Waals surface area contributed by atoms with Crippen molar-refractivity contribution in [2.45, 2.75) is 59.0 Å². The number of nitrogens with one attached hydrogen (secondary N) is 1. The molecule has 2 heterocycles. The number of hydrogen-bond donors (Lipinski definition) is 1. The van der Waals surface area contributed by atoms with Crippen molar-refractivity contribution in [3.8, 4) is 0 Å². The molecular formula is C17H30N2S. The first-order valence-electron chi connectivity index (χ1n) is 8.32. The quantitative estimate of drug-likeness (QED) is 0.721. The van der Waals surface area contributed by atoms with Gasteiger partial charge in [-0.1, -0.05) is 26.7 Å². The second-order valence-corrected chi connectivity index (χ2v) is 7.31. The first-order valence-corrected chi connectivity index (χ1v) is 9.14. The highest BCUT2D eigenvalue weighted by Gasteiger charge is 2.18. The van der Waals surface area contributed by atoms with Crippen molar-refractivity contribution in [2.75, 3.05) is 19.6 Å². The Balaban J connectivity index is 1.71. The van der Waals surface area contributed by atoms with Gasteiger partial charge >= 0.3 is 0 Å². The van der Waals surface area contributed by atoms with Crippen molar-refractivity contribution in [3.05, 3.63) is 21.9 Å². The van der Waals surface area contributed by atoms with E-state index in [0.717, 1.165) is 25.6 Å². The summed E-state index contributed by atoms with van der Waals surface area (Å²) in [6.07, 6.45) is 6.81. The lowest BCUT2D eigenvalue weighted by atomic mass is 9.92. The molecule has 20 heavy (non-hydrogen) atoms. The second-order valence-electron chi connectivity index (χ2n) is 6.05. The monoisotopic (exact) mass is 294 g/mol. The van der Waals surface area contributed by atoms with E-state index < -0.39 is 0 Å². The summed E-state index contributed by atoms with van der Waals surface area (Å²) < 4.78 is 0. The minimum atomic E-state index is 0.994. The molecule has 1 fully saturated rings. The molecule has 2 rings (SSSR count). The highest BCUT2D eigenvalue weighted by atomic mass is 32.1. The number of thiophene rings is 1. The van der Waals surface area contributed by atoms with Crippen molar-refractivity contribution in [3.63, 3.8) is 0 Å². The van der Waals surface area contributed by atoms with Crippen LogP contribution in [-0.4, -0.2) is 24.5 Å². The molecule has 0 amide bonds. The van der Waals surface area contributed by atoms with Crippen molar-refractivity contribution in [1.82, 2.24) is 10.2 Å². The predicted molar refractivity (Wildman–Crippen MR) is 89.2 cm³/mol. The summed E-state index contributed by atoms with van der Waals surface area (Å²) >= 11 is 1.98. The van der Waals surface area contributed by atoms with Gasteiger partial charge in [0.25, 0.3) is 0 Å². The highest BCUT2D eigenvalue weighted by molar-refractivity contribution is 7.11. The number of hydrogen-bond acceptors (Lipinski definition) is 3. The molecule has 2 nitrogen and oxygen atoms in total. The number of nitrogens with zero attached hydrogens (tertiary/aromatic N) is 1. The van der Waals surface area contributed by atoms with Crippen LogP contribution in [0.4, 0.5) is 0 Å². The van der Waals surface area contributed by atoms with Crippen LogP contribution < -0.4 is 5.32 Å². The zero-order valence-electron chi connectivity index (χ0n) is 13.2.